The molecule has 1 aliphatic rings. The minimum atomic E-state index is -0.166. The van der Waals surface area contributed by atoms with E-state index in [0.29, 0.717) is 26.2 Å². The highest BCUT2D eigenvalue weighted by Crippen LogP contribution is 2.28. The summed E-state index contributed by atoms with van der Waals surface area (Å²) in [6, 6.07) is 11.4. The minimum Gasteiger partial charge on any atom is -0.496 e. The van der Waals surface area contributed by atoms with Crippen LogP contribution in [0.15, 0.2) is 40.8 Å². The molecule has 0 radical (unpaired) electrons. The maximum atomic E-state index is 12.9. The monoisotopic (exact) mass is 329 g/mol. The van der Waals surface area contributed by atoms with E-state index < -0.39 is 0 Å². The first kappa shape index (κ1) is 16.6. The van der Waals surface area contributed by atoms with Crippen LogP contribution in [0.4, 0.5) is 0 Å². The highest BCUT2D eigenvalue weighted by Gasteiger charge is 2.31. The van der Waals surface area contributed by atoms with Crippen molar-refractivity contribution in [2.24, 2.45) is 0 Å². The topological polar surface area (TPSA) is 51.9 Å². The van der Waals surface area contributed by atoms with Gasteiger partial charge in [-0.2, -0.15) is 0 Å². The van der Waals surface area contributed by atoms with E-state index in [1.165, 1.54) is 0 Å². The largest absolute Gasteiger partial charge is 0.496 e. The Hall–Kier alpha value is -2.27. The number of ether oxygens (including phenoxy) is 2. The molecule has 1 atom stereocenters. The van der Waals surface area contributed by atoms with Crippen LogP contribution in [-0.4, -0.2) is 37.7 Å². The van der Waals surface area contributed by atoms with Gasteiger partial charge in [0.05, 0.1) is 26.7 Å². The molecule has 1 amide bonds. The Morgan fingerprint density at radius 2 is 2.12 bits per heavy atom. The van der Waals surface area contributed by atoms with Crippen molar-refractivity contribution in [2.45, 2.75) is 25.8 Å². The van der Waals surface area contributed by atoms with Crippen LogP contribution in [0.3, 0.4) is 0 Å². The van der Waals surface area contributed by atoms with Gasteiger partial charge in [-0.25, -0.2) is 0 Å². The number of methoxy groups -OCH3 is 1. The van der Waals surface area contributed by atoms with Crippen molar-refractivity contribution >= 4 is 5.91 Å². The van der Waals surface area contributed by atoms with E-state index in [0.717, 1.165) is 29.3 Å². The molecule has 2 aromatic rings. The maximum absolute atomic E-state index is 12.9. The average molecular weight is 329 g/mol. The number of hydrogen-bond donors (Lipinski definition) is 0. The molecule has 3 rings (SSSR count). The molecule has 0 bridgehead atoms. The summed E-state index contributed by atoms with van der Waals surface area (Å²) in [7, 11) is 1.62. The summed E-state index contributed by atoms with van der Waals surface area (Å²) < 4.78 is 16.8. The Balaban J connectivity index is 1.78. The van der Waals surface area contributed by atoms with E-state index in [2.05, 4.69) is 0 Å². The lowest BCUT2D eigenvalue weighted by Crippen LogP contribution is -2.44. The van der Waals surface area contributed by atoms with Gasteiger partial charge in [0, 0.05) is 18.5 Å². The first-order chi connectivity index (χ1) is 11.7. The van der Waals surface area contributed by atoms with Gasteiger partial charge < -0.3 is 18.8 Å². The van der Waals surface area contributed by atoms with Crippen molar-refractivity contribution in [3.05, 3.63) is 53.5 Å². The van der Waals surface area contributed by atoms with E-state index in [1.807, 2.05) is 48.2 Å². The molecule has 0 saturated carbocycles. The number of para-hydroxylation sites is 1. The third-order valence-corrected chi connectivity index (χ3v) is 4.34. The van der Waals surface area contributed by atoms with E-state index in [9.17, 15) is 4.79 Å². The van der Waals surface area contributed by atoms with Crippen LogP contribution in [0.2, 0.25) is 0 Å². The zero-order valence-electron chi connectivity index (χ0n) is 14.2. The molecule has 1 aromatic heterocycles. The third-order valence-electron chi connectivity index (χ3n) is 4.34. The fourth-order valence-electron chi connectivity index (χ4n) is 3.01. The Bertz CT molecular complexity index is 694. The normalized spacial score (nSPS) is 17.8. The van der Waals surface area contributed by atoms with Gasteiger partial charge in [0.2, 0.25) is 5.91 Å². The molecule has 5 nitrogen and oxygen atoms in total. The fraction of sp³-hybridized carbons (Fsp3) is 0.421. The van der Waals surface area contributed by atoms with Gasteiger partial charge >= 0.3 is 0 Å². The number of benzene rings is 1. The van der Waals surface area contributed by atoms with Gasteiger partial charge in [-0.3, -0.25) is 4.79 Å². The zero-order chi connectivity index (χ0) is 16.9. The molecule has 2 heterocycles. The van der Waals surface area contributed by atoms with E-state index in [4.69, 9.17) is 13.9 Å². The Labute approximate surface area is 142 Å². The molecule has 5 heteroatoms. The predicted octanol–water partition coefficient (Wildman–Crippen LogP) is 2.99. The summed E-state index contributed by atoms with van der Waals surface area (Å²) in [6.07, 6.45) is 1.14. The van der Waals surface area contributed by atoms with Crippen molar-refractivity contribution < 1.29 is 18.7 Å². The zero-order valence-corrected chi connectivity index (χ0v) is 14.2. The van der Waals surface area contributed by atoms with Crippen LogP contribution < -0.4 is 4.74 Å². The Morgan fingerprint density at radius 1 is 1.29 bits per heavy atom. The molecular formula is C19H23NO4. The minimum absolute atomic E-state index is 0.0576. The molecule has 1 aromatic carbocycles. The van der Waals surface area contributed by atoms with Crippen LogP contribution in [0, 0.1) is 0 Å². The molecule has 0 aliphatic carbocycles. The molecule has 1 fully saturated rings. The van der Waals surface area contributed by atoms with Crippen molar-refractivity contribution in [3.63, 3.8) is 0 Å². The van der Waals surface area contributed by atoms with Crippen molar-refractivity contribution in [1.82, 2.24) is 4.90 Å². The molecule has 0 spiro atoms. The maximum Gasteiger partial charge on any atom is 0.227 e. The number of nitrogens with zero attached hydrogens (tertiary/aromatic N) is 1. The number of morpholine rings is 1. The van der Waals surface area contributed by atoms with Gasteiger partial charge in [-0.05, 0) is 18.2 Å². The number of carbonyl (C=O) groups is 1. The molecular weight excluding hydrogens is 306 g/mol. The average Bonchev–Trinajstić information content (AvgIpc) is 3.11. The second-order valence-corrected chi connectivity index (χ2v) is 5.82. The smallest absolute Gasteiger partial charge is 0.227 e. The number of aryl methyl sites for hydroxylation is 1. The lowest BCUT2D eigenvalue weighted by Gasteiger charge is -2.34. The summed E-state index contributed by atoms with van der Waals surface area (Å²) in [5.74, 6) is 2.51. The third kappa shape index (κ3) is 3.46. The molecule has 1 aliphatic heterocycles. The number of carbonyl (C=O) groups excluding carboxylic acids is 1. The van der Waals surface area contributed by atoms with E-state index >= 15 is 0 Å². The van der Waals surface area contributed by atoms with Crippen molar-refractivity contribution in [2.75, 3.05) is 26.9 Å². The summed E-state index contributed by atoms with van der Waals surface area (Å²) in [4.78, 5) is 14.7. The highest BCUT2D eigenvalue weighted by molar-refractivity contribution is 5.80. The van der Waals surface area contributed by atoms with Crippen molar-refractivity contribution in [3.8, 4) is 5.75 Å². The van der Waals surface area contributed by atoms with E-state index in [-0.39, 0.29) is 11.9 Å². The van der Waals surface area contributed by atoms with Crippen LogP contribution in [-0.2, 0) is 22.4 Å². The number of rotatable bonds is 5. The van der Waals surface area contributed by atoms with Crippen LogP contribution >= 0.6 is 0 Å². The highest BCUT2D eigenvalue weighted by atomic mass is 16.5. The fourth-order valence-corrected chi connectivity index (χ4v) is 3.01. The predicted molar refractivity (Wildman–Crippen MR) is 90.1 cm³/mol. The van der Waals surface area contributed by atoms with Crippen LogP contribution in [0.5, 0.6) is 5.75 Å². The SMILES string of the molecule is CCc1ccc([C@@H]2COCCN2C(=O)Cc2ccccc2OC)o1. The summed E-state index contributed by atoms with van der Waals surface area (Å²) >= 11 is 0. The second kappa shape index (κ2) is 7.53. The van der Waals surface area contributed by atoms with Crippen LogP contribution in [0.1, 0.15) is 30.0 Å². The van der Waals surface area contributed by atoms with Gasteiger partial charge in [0.15, 0.2) is 0 Å². The first-order valence-electron chi connectivity index (χ1n) is 8.30. The molecule has 0 N–H and O–H groups in total. The Morgan fingerprint density at radius 3 is 2.88 bits per heavy atom. The molecule has 128 valence electrons. The van der Waals surface area contributed by atoms with E-state index in [1.54, 1.807) is 7.11 Å². The van der Waals surface area contributed by atoms with Gasteiger partial charge in [-0.15, -0.1) is 0 Å². The molecule has 24 heavy (non-hydrogen) atoms. The number of amides is 1. The lowest BCUT2D eigenvalue weighted by molar-refractivity contribution is -0.140. The number of hydrogen-bond acceptors (Lipinski definition) is 4. The molecule has 0 unspecified atom stereocenters. The Kier molecular flexibility index (Phi) is 5.20. The molecule has 1 saturated heterocycles. The summed E-state index contributed by atoms with van der Waals surface area (Å²) in [6.45, 7) is 3.63. The second-order valence-electron chi connectivity index (χ2n) is 5.82. The standard InChI is InChI=1S/C19H23NO4/c1-3-15-8-9-18(24-15)16-13-23-11-10-20(16)19(21)12-14-6-4-5-7-17(14)22-2/h4-9,16H,3,10-13H2,1-2H3/t16-/m0/s1. The summed E-state index contributed by atoms with van der Waals surface area (Å²) in [5, 5.41) is 0. The van der Waals surface area contributed by atoms with Gasteiger partial charge in [-0.1, -0.05) is 25.1 Å². The quantitative estimate of drug-likeness (QED) is 0.846. The van der Waals surface area contributed by atoms with Crippen molar-refractivity contribution in [1.29, 1.82) is 0 Å². The lowest BCUT2D eigenvalue weighted by atomic mass is 10.1. The first-order valence-corrected chi connectivity index (χ1v) is 8.30. The van der Waals surface area contributed by atoms with Crippen LogP contribution in [0.25, 0.3) is 0 Å². The number of furan rings is 1. The van der Waals surface area contributed by atoms with Gasteiger partial charge in [0.25, 0.3) is 0 Å². The summed E-state index contributed by atoms with van der Waals surface area (Å²) in [5.41, 5.74) is 0.893. The van der Waals surface area contributed by atoms with Gasteiger partial charge in [0.1, 0.15) is 23.3 Å².